The molecule has 0 fully saturated rings. The summed E-state index contributed by atoms with van der Waals surface area (Å²) < 4.78 is 7.77. The molecule has 0 radical (unpaired) electrons. The minimum Gasteiger partial charge on any atom is -0.116 e. The SMILES string of the molecule is CC(C)(C)[Si](N=[N+]=[N-])(N=[N+]=[N-])C(C)(C)C. The zero-order valence-corrected chi connectivity index (χ0v) is 11.2. The van der Waals surface area contributed by atoms with Crippen molar-refractivity contribution in [2.45, 2.75) is 51.6 Å². The van der Waals surface area contributed by atoms with Gasteiger partial charge in [-0.05, 0) is 31.0 Å². The van der Waals surface area contributed by atoms with Crippen molar-refractivity contribution in [1.29, 1.82) is 0 Å². The van der Waals surface area contributed by atoms with Gasteiger partial charge in [0.25, 0.3) is 8.40 Å². The first-order valence-electron chi connectivity index (χ1n) is 4.75. The predicted octanol–water partition coefficient (Wildman–Crippen LogP) is 4.65. The normalized spacial score (nSPS) is 12.7. The lowest BCUT2D eigenvalue weighted by Gasteiger charge is -2.44. The average Bonchev–Trinajstić information content (AvgIpc) is 1.99. The second kappa shape index (κ2) is 4.14. The van der Waals surface area contributed by atoms with Gasteiger partial charge < -0.3 is 0 Å². The summed E-state index contributed by atoms with van der Waals surface area (Å²) in [6.07, 6.45) is 0. The smallest absolute Gasteiger partial charge is 0.116 e. The van der Waals surface area contributed by atoms with Crippen molar-refractivity contribution in [3.8, 4) is 0 Å². The van der Waals surface area contributed by atoms with Gasteiger partial charge >= 0.3 is 0 Å². The van der Waals surface area contributed by atoms with Gasteiger partial charge in [0, 0.05) is 0 Å². The van der Waals surface area contributed by atoms with Crippen molar-refractivity contribution < 1.29 is 0 Å². The van der Waals surface area contributed by atoms with Gasteiger partial charge in [-0.1, -0.05) is 41.5 Å². The summed E-state index contributed by atoms with van der Waals surface area (Å²) >= 11 is 0. The summed E-state index contributed by atoms with van der Waals surface area (Å²) in [5, 5.41) is -0.604. The third-order valence-electron chi connectivity index (χ3n) is 2.47. The van der Waals surface area contributed by atoms with E-state index >= 15 is 0 Å². The van der Waals surface area contributed by atoms with Gasteiger partial charge in [0.1, 0.15) is 0 Å². The molecule has 0 aliphatic carbocycles. The Kier molecular flexibility index (Phi) is 3.82. The lowest BCUT2D eigenvalue weighted by atomic mass is 10.2. The molecule has 0 atom stereocenters. The van der Waals surface area contributed by atoms with Crippen LogP contribution in [0.15, 0.2) is 9.56 Å². The molecule has 0 bridgehead atoms. The fourth-order valence-corrected chi connectivity index (χ4v) is 5.62. The van der Waals surface area contributed by atoms with E-state index in [4.69, 9.17) is 11.1 Å². The summed E-state index contributed by atoms with van der Waals surface area (Å²) in [5.41, 5.74) is 17.3. The van der Waals surface area contributed by atoms with E-state index < -0.39 is 8.40 Å². The van der Waals surface area contributed by atoms with Crippen LogP contribution in [0.5, 0.6) is 0 Å². The molecule has 0 amide bonds. The molecule has 0 spiro atoms. The van der Waals surface area contributed by atoms with E-state index in [0.29, 0.717) is 0 Å². The van der Waals surface area contributed by atoms with Gasteiger partial charge in [-0.15, -0.1) is 9.56 Å². The maximum absolute atomic E-state index is 8.66. The summed E-state index contributed by atoms with van der Waals surface area (Å²) in [6.45, 7) is 11.7. The minimum atomic E-state index is -2.78. The van der Waals surface area contributed by atoms with E-state index in [2.05, 4.69) is 19.4 Å². The lowest BCUT2D eigenvalue weighted by molar-refractivity contribution is 0.605. The maximum atomic E-state index is 8.66. The average molecular weight is 226 g/mol. The van der Waals surface area contributed by atoms with Crippen molar-refractivity contribution in [3.05, 3.63) is 20.9 Å². The van der Waals surface area contributed by atoms with Crippen LogP contribution in [0.1, 0.15) is 41.5 Å². The first kappa shape index (κ1) is 13.8. The first-order valence-corrected chi connectivity index (χ1v) is 6.64. The van der Waals surface area contributed by atoms with Gasteiger partial charge in [-0.3, -0.25) is 0 Å². The molecule has 0 aliphatic heterocycles. The molecule has 0 unspecified atom stereocenters. The van der Waals surface area contributed by atoms with Gasteiger partial charge in [0.15, 0.2) is 0 Å². The molecule has 84 valence electrons. The van der Waals surface area contributed by atoms with Crippen molar-refractivity contribution in [2.75, 3.05) is 0 Å². The van der Waals surface area contributed by atoms with Crippen LogP contribution in [0.25, 0.3) is 20.9 Å². The highest BCUT2D eigenvalue weighted by Gasteiger charge is 2.53. The molecule has 0 aromatic heterocycles. The molecule has 0 saturated carbocycles. The molecule has 0 aromatic rings. The van der Waals surface area contributed by atoms with E-state index in [1.165, 1.54) is 0 Å². The predicted molar refractivity (Wildman–Crippen MR) is 63.5 cm³/mol. The summed E-state index contributed by atoms with van der Waals surface area (Å²) in [6, 6.07) is 0. The Morgan fingerprint density at radius 2 is 1.07 bits per heavy atom. The zero-order chi connectivity index (χ0) is 12.3. The largest absolute Gasteiger partial charge is 0.265 e. The second-order valence-corrected chi connectivity index (χ2v) is 10.3. The van der Waals surface area contributed by atoms with Crippen molar-refractivity contribution >= 4 is 8.40 Å². The number of rotatable bonds is 2. The van der Waals surface area contributed by atoms with Crippen LogP contribution in [0.3, 0.4) is 0 Å². The van der Waals surface area contributed by atoms with Crippen molar-refractivity contribution in [2.24, 2.45) is 9.56 Å². The summed E-state index contributed by atoms with van der Waals surface area (Å²) in [4.78, 5) is 5.76. The van der Waals surface area contributed by atoms with Crippen molar-refractivity contribution in [1.82, 2.24) is 0 Å². The van der Waals surface area contributed by atoms with Crippen LogP contribution in [0.2, 0.25) is 10.1 Å². The molecule has 6 nitrogen and oxygen atoms in total. The van der Waals surface area contributed by atoms with E-state index in [1.807, 2.05) is 41.5 Å². The molecular formula is C8H18N6Si. The molecule has 15 heavy (non-hydrogen) atoms. The van der Waals surface area contributed by atoms with Crippen LogP contribution in [0, 0.1) is 0 Å². The third kappa shape index (κ3) is 2.44. The molecule has 7 heteroatoms. The van der Waals surface area contributed by atoms with Crippen LogP contribution in [-0.4, -0.2) is 8.40 Å². The Balaban J connectivity index is 5.93. The first-order chi connectivity index (χ1) is 6.62. The van der Waals surface area contributed by atoms with Crippen LogP contribution < -0.4 is 0 Å². The number of nitrogens with zero attached hydrogens (tertiary/aromatic N) is 6. The molecule has 0 saturated heterocycles. The van der Waals surface area contributed by atoms with E-state index in [-0.39, 0.29) is 10.1 Å². The zero-order valence-electron chi connectivity index (χ0n) is 10.2. The Bertz CT molecular complexity index is 290. The number of hydrogen-bond acceptors (Lipinski definition) is 2. The molecule has 0 aromatic carbocycles. The Morgan fingerprint density at radius 1 is 0.800 bits per heavy atom. The Hall–Kier alpha value is -1.16. The summed E-state index contributed by atoms with van der Waals surface area (Å²) in [5.74, 6) is 0. The fourth-order valence-electron chi connectivity index (χ4n) is 1.87. The topological polar surface area (TPSA) is 97.5 Å². The lowest BCUT2D eigenvalue weighted by Crippen LogP contribution is -2.48. The van der Waals surface area contributed by atoms with Crippen LogP contribution >= 0.6 is 0 Å². The quantitative estimate of drug-likeness (QED) is 0.283. The van der Waals surface area contributed by atoms with E-state index in [1.54, 1.807) is 0 Å². The molecule has 0 N–H and O–H groups in total. The highest BCUT2D eigenvalue weighted by molar-refractivity contribution is 6.81. The van der Waals surface area contributed by atoms with E-state index in [0.717, 1.165) is 0 Å². The highest BCUT2D eigenvalue weighted by atomic mass is 28.3. The van der Waals surface area contributed by atoms with Gasteiger partial charge in [0.05, 0.1) is 0 Å². The maximum Gasteiger partial charge on any atom is 0.265 e. The third-order valence-corrected chi connectivity index (χ3v) is 7.41. The minimum absolute atomic E-state index is 0.302. The molecule has 0 heterocycles. The molecule has 0 aliphatic rings. The van der Waals surface area contributed by atoms with Gasteiger partial charge in [0.2, 0.25) is 0 Å². The monoisotopic (exact) mass is 226 g/mol. The highest BCUT2D eigenvalue weighted by Crippen LogP contribution is 2.52. The van der Waals surface area contributed by atoms with E-state index in [9.17, 15) is 0 Å². The number of hydrogen-bond donors (Lipinski definition) is 0. The van der Waals surface area contributed by atoms with Crippen molar-refractivity contribution in [3.63, 3.8) is 0 Å². The fraction of sp³-hybridized carbons (Fsp3) is 1.00. The van der Waals surface area contributed by atoms with Gasteiger partial charge in [-0.2, -0.15) is 0 Å². The standard InChI is InChI=1S/C8H18N6Si/c1-7(2,3)15(13-11-9,14-12-10)8(4,5)6/h1-6H3. The summed E-state index contributed by atoms with van der Waals surface area (Å²) in [7, 11) is -2.78. The molecule has 0 rings (SSSR count). The van der Waals surface area contributed by atoms with Crippen LogP contribution in [-0.2, 0) is 0 Å². The van der Waals surface area contributed by atoms with Crippen LogP contribution in [0.4, 0.5) is 0 Å². The van der Waals surface area contributed by atoms with Gasteiger partial charge in [-0.25, -0.2) is 0 Å². The second-order valence-electron chi connectivity index (χ2n) is 5.55. The Morgan fingerprint density at radius 3 is 1.20 bits per heavy atom. The number of azide groups is 1. The Labute approximate surface area is 91.1 Å². The molecular weight excluding hydrogens is 208 g/mol.